The third kappa shape index (κ3) is 5.91. The largest absolute Gasteiger partial charge is 0.392 e. The van der Waals surface area contributed by atoms with Crippen LogP contribution in [-0.4, -0.2) is 28.9 Å². The number of hydrogen-bond donors (Lipinski definition) is 1. The summed E-state index contributed by atoms with van der Waals surface area (Å²) in [4.78, 5) is 13.8. The molecule has 0 heterocycles. The van der Waals surface area contributed by atoms with E-state index in [1.807, 2.05) is 20.8 Å². The van der Waals surface area contributed by atoms with Crippen LogP contribution >= 0.6 is 12.2 Å². The van der Waals surface area contributed by atoms with Crippen LogP contribution in [0.4, 0.5) is 0 Å². The summed E-state index contributed by atoms with van der Waals surface area (Å²) in [6.45, 7) is 7.25. The number of amides is 1. The zero-order valence-corrected chi connectivity index (χ0v) is 10.1. The Kier molecular flexibility index (Phi) is 6.45. The number of nitrogens with zero attached hydrogens (tertiary/aromatic N) is 1. The lowest BCUT2D eigenvalue weighted by Crippen LogP contribution is -2.38. The van der Waals surface area contributed by atoms with Crippen molar-refractivity contribution in [3.8, 4) is 0 Å². The highest BCUT2D eigenvalue weighted by molar-refractivity contribution is 7.80. The van der Waals surface area contributed by atoms with E-state index >= 15 is 0 Å². The summed E-state index contributed by atoms with van der Waals surface area (Å²) in [7, 11) is 0. The molecule has 0 bridgehead atoms. The standard InChI is InChI=1S/C10H20N2OS/c1-4-5-12(7-9(11)14)10(13)6-8(2)3/h8H,4-7H2,1-3H3,(H2,11,14). The third-order valence-electron chi connectivity index (χ3n) is 1.78. The first-order valence-corrected chi connectivity index (χ1v) is 5.44. The number of nitrogens with two attached hydrogens (primary N) is 1. The van der Waals surface area contributed by atoms with Gasteiger partial charge in [0, 0.05) is 13.0 Å². The molecule has 0 spiro atoms. The molecule has 0 radical (unpaired) electrons. The highest BCUT2D eigenvalue weighted by Gasteiger charge is 2.14. The molecule has 0 aliphatic rings. The fourth-order valence-corrected chi connectivity index (χ4v) is 1.38. The van der Waals surface area contributed by atoms with Crippen molar-refractivity contribution in [3.63, 3.8) is 0 Å². The summed E-state index contributed by atoms with van der Waals surface area (Å²) < 4.78 is 0. The first kappa shape index (κ1) is 13.4. The maximum Gasteiger partial charge on any atom is 0.223 e. The van der Waals surface area contributed by atoms with Crippen LogP contribution in [0.25, 0.3) is 0 Å². The Morgan fingerprint density at radius 1 is 1.50 bits per heavy atom. The van der Waals surface area contributed by atoms with Gasteiger partial charge in [0.2, 0.25) is 5.91 Å². The summed E-state index contributed by atoms with van der Waals surface area (Å²) in [6, 6.07) is 0. The van der Waals surface area contributed by atoms with Gasteiger partial charge in [0.15, 0.2) is 0 Å². The van der Waals surface area contributed by atoms with E-state index in [4.69, 9.17) is 18.0 Å². The Labute approximate surface area is 91.6 Å². The second-order valence-corrected chi connectivity index (χ2v) is 4.40. The van der Waals surface area contributed by atoms with E-state index in [9.17, 15) is 4.79 Å². The first-order chi connectivity index (χ1) is 6.47. The Bertz CT molecular complexity index is 204. The average molecular weight is 216 g/mol. The van der Waals surface area contributed by atoms with Gasteiger partial charge in [0.1, 0.15) is 0 Å². The van der Waals surface area contributed by atoms with Gasteiger partial charge >= 0.3 is 0 Å². The second kappa shape index (κ2) is 6.76. The van der Waals surface area contributed by atoms with E-state index in [-0.39, 0.29) is 5.91 Å². The monoisotopic (exact) mass is 216 g/mol. The van der Waals surface area contributed by atoms with E-state index < -0.39 is 0 Å². The van der Waals surface area contributed by atoms with Gasteiger partial charge in [-0.1, -0.05) is 33.0 Å². The van der Waals surface area contributed by atoms with Crippen molar-refractivity contribution in [2.45, 2.75) is 33.6 Å². The molecule has 0 aromatic carbocycles. The van der Waals surface area contributed by atoms with Crippen molar-refractivity contribution in [2.24, 2.45) is 11.7 Å². The minimum Gasteiger partial charge on any atom is -0.392 e. The molecule has 2 N–H and O–H groups in total. The molecule has 0 aliphatic carbocycles. The number of carbonyl (C=O) groups is 1. The zero-order valence-electron chi connectivity index (χ0n) is 9.25. The first-order valence-electron chi connectivity index (χ1n) is 5.03. The van der Waals surface area contributed by atoms with Crippen molar-refractivity contribution in [3.05, 3.63) is 0 Å². The SMILES string of the molecule is CCCN(CC(N)=S)C(=O)CC(C)C. The summed E-state index contributed by atoms with van der Waals surface area (Å²) in [5, 5.41) is 0. The van der Waals surface area contributed by atoms with Gasteiger partial charge in [-0.3, -0.25) is 4.79 Å². The number of carbonyl (C=O) groups excluding carboxylic acids is 1. The summed E-state index contributed by atoms with van der Waals surface area (Å²) in [6.07, 6.45) is 1.51. The lowest BCUT2D eigenvalue weighted by molar-refractivity contribution is -0.131. The van der Waals surface area contributed by atoms with Crippen molar-refractivity contribution in [1.82, 2.24) is 4.90 Å². The van der Waals surface area contributed by atoms with Crippen molar-refractivity contribution in [1.29, 1.82) is 0 Å². The minimum absolute atomic E-state index is 0.148. The normalized spacial score (nSPS) is 10.3. The molecule has 1 amide bonds. The summed E-state index contributed by atoms with van der Waals surface area (Å²) in [5.41, 5.74) is 5.43. The van der Waals surface area contributed by atoms with Crippen LogP contribution in [-0.2, 0) is 4.79 Å². The van der Waals surface area contributed by atoms with E-state index in [1.165, 1.54) is 0 Å². The van der Waals surface area contributed by atoms with E-state index in [2.05, 4.69) is 0 Å². The second-order valence-electron chi connectivity index (χ2n) is 3.88. The molecular weight excluding hydrogens is 196 g/mol. The fourth-order valence-electron chi connectivity index (χ4n) is 1.23. The Balaban J connectivity index is 4.17. The molecular formula is C10H20N2OS. The van der Waals surface area contributed by atoms with Gasteiger partial charge < -0.3 is 10.6 Å². The van der Waals surface area contributed by atoms with Crippen LogP contribution < -0.4 is 5.73 Å². The highest BCUT2D eigenvalue weighted by atomic mass is 32.1. The van der Waals surface area contributed by atoms with Gasteiger partial charge in [0.25, 0.3) is 0 Å². The van der Waals surface area contributed by atoms with Gasteiger partial charge in [0.05, 0.1) is 11.5 Å². The molecule has 3 nitrogen and oxygen atoms in total. The van der Waals surface area contributed by atoms with E-state index in [0.717, 1.165) is 13.0 Å². The molecule has 0 aliphatic heterocycles. The van der Waals surface area contributed by atoms with Crippen LogP contribution in [0.3, 0.4) is 0 Å². The van der Waals surface area contributed by atoms with Crippen LogP contribution in [0.5, 0.6) is 0 Å². The van der Waals surface area contributed by atoms with Crippen LogP contribution in [0.15, 0.2) is 0 Å². The molecule has 0 saturated heterocycles. The van der Waals surface area contributed by atoms with Crippen molar-refractivity contribution in [2.75, 3.05) is 13.1 Å². The molecule has 14 heavy (non-hydrogen) atoms. The number of thiocarbonyl (C=S) groups is 1. The highest BCUT2D eigenvalue weighted by Crippen LogP contribution is 2.04. The summed E-state index contributed by atoms with van der Waals surface area (Å²) >= 11 is 4.80. The third-order valence-corrected chi connectivity index (χ3v) is 1.90. The molecule has 82 valence electrons. The lowest BCUT2D eigenvalue weighted by atomic mass is 10.1. The summed E-state index contributed by atoms with van der Waals surface area (Å²) in [5.74, 6) is 0.530. The lowest BCUT2D eigenvalue weighted by Gasteiger charge is -2.22. The van der Waals surface area contributed by atoms with Crippen LogP contribution in [0, 0.1) is 5.92 Å². The van der Waals surface area contributed by atoms with Crippen molar-refractivity contribution >= 4 is 23.1 Å². The van der Waals surface area contributed by atoms with Crippen LogP contribution in [0.2, 0.25) is 0 Å². The number of hydrogen-bond acceptors (Lipinski definition) is 2. The molecule has 0 atom stereocenters. The maximum absolute atomic E-state index is 11.7. The predicted molar refractivity (Wildman–Crippen MR) is 63.1 cm³/mol. The molecule has 0 aromatic heterocycles. The molecule has 0 saturated carbocycles. The van der Waals surface area contributed by atoms with E-state index in [0.29, 0.717) is 23.9 Å². The molecule has 0 unspecified atom stereocenters. The van der Waals surface area contributed by atoms with Crippen LogP contribution in [0.1, 0.15) is 33.6 Å². The maximum atomic E-state index is 11.7. The van der Waals surface area contributed by atoms with Crippen molar-refractivity contribution < 1.29 is 4.79 Å². The number of rotatable bonds is 6. The fraction of sp³-hybridized carbons (Fsp3) is 0.800. The topological polar surface area (TPSA) is 46.3 Å². The van der Waals surface area contributed by atoms with Gasteiger partial charge in [-0.15, -0.1) is 0 Å². The quantitative estimate of drug-likeness (QED) is 0.685. The van der Waals surface area contributed by atoms with Gasteiger partial charge in [-0.2, -0.15) is 0 Å². The average Bonchev–Trinajstić information content (AvgIpc) is 2.01. The molecule has 0 aromatic rings. The van der Waals surface area contributed by atoms with Gasteiger partial charge in [-0.05, 0) is 12.3 Å². The van der Waals surface area contributed by atoms with E-state index in [1.54, 1.807) is 4.90 Å². The Morgan fingerprint density at radius 2 is 2.07 bits per heavy atom. The molecule has 0 fully saturated rings. The van der Waals surface area contributed by atoms with Gasteiger partial charge in [-0.25, -0.2) is 0 Å². The smallest absolute Gasteiger partial charge is 0.223 e. The zero-order chi connectivity index (χ0) is 11.1. The minimum atomic E-state index is 0.148. The molecule has 0 rings (SSSR count). The Morgan fingerprint density at radius 3 is 2.43 bits per heavy atom. The predicted octanol–water partition coefficient (Wildman–Crippen LogP) is 1.56. The molecule has 4 heteroatoms. The Hall–Kier alpha value is -0.640.